The van der Waals surface area contributed by atoms with E-state index in [1.807, 2.05) is 0 Å². The first-order valence-electron chi connectivity index (χ1n) is 4.44. The van der Waals surface area contributed by atoms with Gasteiger partial charge in [-0.25, -0.2) is 4.39 Å². The molecule has 1 radical (unpaired) electrons. The van der Waals surface area contributed by atoms with Crippen LogP contribution >= 0.6 is 0 Å². The maximum atomic E-state index is 12.5. The van der Waals surface area contributed by atoms with Crippen molar-refractivity contribution < 1.29 is 9.50 Å². The summed E-state index contributed by atoms with van der Waals surface area (Å²) in [6, 6.07) is 6.36. The molecule has 13 heavy (non-hydrogen) atoms. The van der Waals surface area contributed by atoms with E-state index in [2.05, 4.69) is 6.92 Å². The van der Waals surface area contributed by atoms with E-state index in [1.54, 1.807) is 12.1 Å². The van der Waals surface area contributed by atoms with Gasteiger partial charge in [-0.05, 0) is 37.0 Å². The van der Waals surface area contributed by atoms with E-state index in [0.717, 1.165) is 12.0 Å². The van der Waals surface area contributed by atoms with E-state index in [1.165, 1.54) is 12.1 Å². The minimum atomic E-state index is -0.343. The van der Waals surface area contributed by atoms with Gasteiger partial charge in [0.15, 0.2) is 0 Å². The molecule has 0 heterocycles. The zero-order chi connectivity index (χ0) is 9.68. The molecule has 0 aliphatic rings. The fourth-order valence-corrected chi connectivity index (χ4v) is 1.13. The molecule has 1 nitrogen and oxygen atoms in total. The molecule has 1 unspecified atom stereocenters. The first kappa shape index (κ1) is 10.2. The topological polar surface area (TPSA) is 20.2 Å². The van der Waals surface area contributed by atoms with Crippen LogP contribution in [0, 0.1) is 12.7 Å². The third-order valence-corrected chi connectivity index (χ3v) is 2.01. The highest BCUT2D eigenvalue weighted by Gasteiger charge is 2.01. The molecular weight excluding hydrogens is 167 g/mol. The van der Waals surface area contributed by atoms with Crippen LogP contribution in [0.5, 0.6) is 0 Å². The van der Waals surface area contributed by atoms with Crippen molar-refractivity contribution in [2.75, 3.05) is 0 Å². The van der Waals surface area contributed by atoms with Gasteiger partial charge >= 0.3 is 0 Å². The van der Waals surface area contributed by atoms with Crippen molar-refractivity contribution in [3.8, 4) is 0 Å². The molecule has 0 fully saturated rings. The van der Waals surface area contributed by atoms with Gasteiger partial charge in [-0.15, -0.1) is 0 Å². The van der Waals surface area contributed by atoms with Crippen molar-refractivity contribution >= 4 is 0 Å². The predicted octanol–water partition coefficient (Wildman–Crippen LogP) is 2.34. The number of aliphatic hydroxyl groups is 1. The van der Waals surface area contributed by atoms with Crippen molar-refractivity contribution in [1.29, 1.82) is 0 Å². The van der Waals surface area contributed by atoms with Gasteiger partial charge in [-0.2, -0.15) is 0 Å². The van der Waals surface area contributed by atoms with Gasteiger partial charge in [0.2, 0.25) is 0 Å². The zero-order valence-electron chi connectivity index (χ0n) is 7.54. The van der Waals surface area contributed by atoms with Crippen molar-refractivity contribution in [3.63, 3.8) is 0 Å². The van der Waals surface area contributed by atoms with Crippen LogP contribution < -0.4 is 0 Å². The van der Waals surface area contributed by atoms with Crippen LogP contribution in [0.4, 0.5) is 4.39 Å². The summed E-state index contributed by atoms with van der Waals surface area (Å²) in [6.45, 7) is 3.60. The third kappa shape index (κ3) is 3.55. The maximum Gasteiger partial charge on any atom is 0.123 e. The van der Waals surface area contributed by atoms with E-state index in [9.17, 15) is 9.50 Å². The van der Waals surface area contributed by atoms with Crippen molar-refractivity contribution in [3.05, 3.63) is 42.6 Å². The molecule has 1 rings (SSSR count). The van der Waals surface area contributed by atoms with Crippen LogP contribution in [0.2, 0.25) is 0 Å². The van der Waals surface area contributed by atoms with E-state index in [-0.39, 0.29) is 11.9 Å². The zero-order valence-corrected chi connectivity index (χ0v) is 7.54. The van der Waals surface area contributed by atoms with Crippen LogP contribution in [0.3, 0.4) is 0 Å². The average molecular weight is 181 g/mol. The van der Waals surface area contributed by atoms with E-state index in [0.29, 0.717) is 12.8 Å². The first-order valence-corrected chi connectivity index (χ1v) is 4.44. The second-order valence-corrected chi connectivity index (χ2v) is 3.11. The summed E-state index contributed by atoms with van der Waals surface area (Å²) in [5, 5.41) is 9.24. The van der Waals surface area contributed by atoms with E-state index >= 15 is 0 Å². The van der Waals surface area contributed by atoms with Crippen LogP contribution in [-0.4, -0.2) is 11.2 Å². The number of hydrogen-bond donors (Lipinski definition) is 1. The molecular formula is C11H14FO. The SMILES string of the molecule is [CH2]CC(O)CCc1ccc(F)cc1. The highest BCUT2D eigenvalue weighted by Crippen LogP contribution is 2.08. The standard InChI is InChI=1S/C11H14FO/c1-2-11(13)8-5-9-3-6-10(12)7-4-9/h3-4,6-7,11,13H,1-2,5,8H2. The monoisotopic (exact) mass is 181 g/mol. The number of benzene rings is 1. The van der Waals surface area contributed by atoms with Gasteiger partial charge in [0, 0.05) is 0 Å². The quantitative estimate of drug-likeness (QED) is 0.756. The van der Waals surface area contributed by atoms with Crippen molar-refractivity contribution in [1.82, 2.24) is 0 Å². The molecule has 1 aromatic carbocycles. The second-order valence-electron chi connectivity index (χ2n) is 3.11. The summed E-state index contributed by atoms with van der Waals surface area (Å²) in [4.78, 5) is 0. The Morgan fingerprint density at radius 2 is 1.92 bits per heavy atom. The Bertz CT molecular complexity index is 243. The van der Waals surface area contributed by atoms with Crippen molar-refractivity contribution in [2.24, 2.45) is 0 Å². The number of aryl methyl sites for hydroxylation is 1. The Morgan fingerprint density at radius 1 is 1.31 bits per heavy atom. The Morgan fingerprint density at radius 3 is 2.46 bits per heavy atom. The first-order chi connectivity index (χ1) is 6.22. The minimum absolute atomic E-state index is 0.221. The fraction of sp³-hybridized carbons (Fsp3) is 0.364. The molecule has 0 aliphatic carbocycles. The molecule has 0 aromatic heterocycles. The van der Waals surface area contributed by atoms with Crippen LogP contribution in [0.1, 0.15) is 18.4 Å². The van der Waals surface area contributed by atoms with Crippen LogP contribution in [0.15, 0.2) is 24.3 Å². The molecule has 0 saturated carbocycles. The highest BCUT2D eigenvalue weighted by atomic mass is 19.1. The average Bonchev–Trinajstić information content (AvgIpc) is 2.16. The largest absolute Gasteiger partial charge is 0.393 e. The highest BCUT2D eigenvalue weighted by molar-refractivity contribution is 5.16. The summed E-state index contributed by atoms with van der Waals surface area (Å²) < 4.78 is 12.5. The molecule has 1 atom stereocenters. The Hall–Kier alpha value is -0.890. The fourth-order valence-electron chi connectivity index (χ4n) is 1.13. The summed E-state index contributed by atoms with van der Waals surface area (Å²) in [5.41, 5.74) is 1.05. The summed E-state index contributed by atoms with van der Waals surface area (Å²) >= 11 is 0. The van der Waals surface area contributed by atoms with Gasteiger partial charge in [0.05, 0.1) is 6.10 Å². The molecule has 1 aromatic rings. The maximum absolute atomic E-state index is 12.5. The van der Waals surface area contributed by atoms with Gasteiger partial charge in [0.1, 0.15) is 5.82 Å². The lowest BCUT2D eigenvalue weighted by molar-refractivity contribution is 0.167. The molecule has 0 saturated heterocycles. The molecule has 1 N–H and O–H groups in total. The number of halogens is 1. The van der Waals surface area contributed by atoms with Gasteiger partial charge in [0.25, 0.3) is 0 Å². The van der Waals surface area contributed by atoms with Crippen LogP contribution in [0.25, 0.3) is 0 Å². The normalized spacial score (nSPS) is 12.8. The summed E-state index contributed by atoms with van der Waals surface area (Å²) in [6.07, 6.45) is 1.65. The van der Waals surface area contributed by atoms with Crippen LogP contribution in [-0.2, 0) is 6.42 Å². The Balaban J connectivity index is 2.41. The lowest BCUT2D eigenvalue weighted by Crippen LogP contribution is -2.05. The lowest BCUT2D eigenvalue weighted by atomic mass is 10.1. The minimum Gasteiger partial charge on any atom is -0.393 e. The van der Waals surface area contributed by atoms with E-state index in [4.69, 9.17) is 0 Å². The lowest BCUT2D eigenvalue weighted by Gasteiger charge is -2.06. The second kappa shape index (κ2) is 4.97. The summed E-state index contributed by atoms with van der Waals surface area (Å²) in [7, 11) is 0. The van der Waals surface area contributed by atoms with Gasteiger partial charge < -0.3 is 5.11 Å². The van der Waals surface area contributed by atoms with Gasteiger partial charge in [-0.3, -0.25) is 0 Å². The number of aliphatic hydroxyl groups excluding tert-OH is 1. The molecule has 0 bridgehead atoms. The van der Waals surface area contributed by atoms with Gasteiger partial charge in [-0.1, -0.05) is 19.1 Å². The molecule has 71 valence electrons. The number of rotatable bonds is 4. The third-order valence-electron chi connectivity index (χ3n) is 2.01. The van der Waals surface area contributed by atoms with Crippen molar-refractivity contribution in [2.45, 2.75) is 25.4 Å². The van der Waals surface area contributed by atoms with E-state index < -0.39 is 0 Å². The Labute approximate surface area is 78.2 Å². The molecule has 0 amide bonds. The summed E-state index contributed by atoms with van der Waals surface area (Å²) in [5.74, 6) is -0.221. The smallest absolute Gasteiger partial charge is 0.123 e. The molecule has 0 aliphatic heterocycles. The molecule has 0 spiro atoms. The molecule has 2 heteroatoms. The number of hydrogen-bond acceptors (Lipinski definition) is 1. The Kier molecular flexibility index (Phi) is 3.90. The predicted molar refractivity (Wildman–Crippen MR) is 50.7 cm³/mol.